The van der Waals surface area contributed by atoms with Crippen LogP contribution in [0.5, 0.6) is 0 Å². The van der Waals surface area contributed by atoms with Gasteiger partial charge in [0.1, 0.15) is 6.61 Å². The highest BCUT2D eigenvalue weighted by Gasteiger charge is 2.36. The number of ether oxygens (including phenoxy) is 2. The van der Waals surface area contributed by atoms with Gasteiger partial charge >= 0.3 is 0 Å². The highest BCUT2D eigenvalue weighted by molar-refractivity contribution is 7.92. The predicted octanol–water partition coefficient (Wildman–Crippen LogP) is 2.23. The van der Waals surface area contributed by atoms with Crippen molar-refractivity contribution in [1.82, 2.24) is 4.98 Å². The third kappa shape index (κ3) is 5.63. The molecule has 1 amide bonds. The second-order valence-electron chi connectivity index (χ2n) is 6.55. The van der Waals surface area contributed by atoms with E-state index in [0.717, 1.165) is 4.88 Å². The van der Waals surface area contributed by atoms with Crippen LogP contribution < -0.4 is 5.32 Å². The van der Waals surface area contributed by atoms with Crippen molar-refractivity contribution >= 4 is 37.9 Å². The minimum Gasteiger partial charge on any atom is -0.393 e. The molecule has 1 heterocycles. The van der Waals surface area contributed by atoms with Crippen molar-refractivity contribution in [3.05, 3.63) is 40.9 Å². The number of thiazole rings is 1. The quantitative estimate of drug-likeness (QED) is 0.315. The first-order valence-corrected chi connectivity index (χ1v) is 11.6. The second-order valence-corrected chi connectivity index (χ2v) is 9.90. The summed E-state index contributed by atoms with van der Waals surface area (Å²) in [5.74, 6) is -0.525. The zero-order valence-electron chi connectivity index (χ0n) is 16.7. The van der Waals surface area contributed by atoms with Gasteiger partial charge in [-0.1, -0.05) is 28.6 Å². The summed E-state index contributed by atoms with van der Waals surface area (Å²) in [6.45, 7) is 0.867. The highest BCUT2D eigenvalue weighted by Crippen LogP contribution is 2.33. The summed E-state index contributed by atoms with van der Waals surface area (Å²) in [7, 11) is -0.208. The van der Waals surface area contributed by atoms with Crippen LogP contribution in [0.15, 0.2) is 40.5 Å². The molecule has 0 bridgehead atoms. The van der Waals surface area contributed by atoms with Crippen LogP contribution in [-0.4, -0.2) is 57.7 Å². The number of anilines is 1. The minimum absolute atomic E-state index is 0.00460. The lowest BCUT2D eigenvalue weighted by Crippen LogP contribution is -2.24. The maximum atomic E-state index is 12.8. The molecule has 1 saturated carbocycles. The fourth-order valence-electron chi connectivity index (χ4n) is 2.56. The maximum Gasteiger partial charge on any atom is 0.280 e. The number of sulfone groups is 1. The summed E-state index contributed by atoms with van der Waals surface area (Å²) in [6, 6.07) is 6.07. The van der Waals surface area contributed by atoms with Crippen LogP contribution in [0.3, 0.4) is 0 Å². The molecule has 0 spiro atoms. The molecule has 11 heteroatoms. The Kier molecular flexibility index (Phi) is 7.53. The number of methoxy groups -OCH3 is 2. The summed E-state index contributed by atoms with van der Waals surface area (Å²) in [6.07, 6.45) is 2.99. The number of aromatic nitrogens is 1. The van der Waals surface area contributed by atoms with E-state index in [0.29, 0.717) is 36.8 Å². The first-order valence-electron chi connectivity index (χ1n) is 9.24. The van der Waals surface area contributed by atoms with Gasteiger partial charge in [-0.15, -0.1) is 0 Å². The van der Waals surface area contributed by atoms with Gasteiger partial charge in [-0.2, -0.15) is 0 Å². The first-order chi connectivity index (χ1) is 14.5. The van der Waals surface area contributed by atoms with E-state index in [9.17, 15) is 13.2 Å². The van der Waals surface area contributed by atoms with Gasteiger partial charge in [0.25, 0.3) is 5.91 Å². The van der Waals surface area contributed by atoms with Crippen molar-refractivity contribution < 1.29 is 27.5 Å². The number of hydrogen-bond donors (Lipinski definition) is 1. The van der Waals surface area contributed by atoms with E-state index < -0.39 is 15.7 Å². The lowest BCUT2D eigenvalue weighted by molar-refractivity contribution is -0.110. The Labute approximate surface area is 179 Å². The number of hydrogen-bond acceptors (Lipinski definition) is 9. The first kappa shape index (κ1) is 22.3. The molecule has 0 atom stereocenters. The van der Waals surface area contributed by atoms with Gasteiger partial charge in [0.2, 0.25) is 0 Å². The molecule has 162 valence electrons. The van der Waals surface area contributed by atoms with E-state index in [1.807, 2.05) is 0 Å². The van der Waals surface area contributed by atoms with Crippen LogP contribution in [0.4, 0.5) is 5.13 Å². The highest BCUT2D eigenvalue weighted by atomic mass is 32.2. The Bertz CT molecular complexity index is 998. The number of amides is 1. The third-order valence-corrected chi connectivity index (χ3v) is 7.39. The molecule has 0 saturated heterocycles. The Morgan fingerprint density at radius 1 is 1.20 bits per heavy atom. The van der Waals surface area contributed by atoms with Gasteiger partial charge in [0.05, 0.1) is 28.2 Å². The van der Waals surface area contributed by atoms with E-state index in [2.05, 4.69) is 15.5 Å². The largest absolute Gasteiger partial charge is 0.393 e. The second kappa shape index (κ2) is 10.1. The SMILES string of the molecule is COCCO/N=C(/C(=O)Nc1ncc(COC)s1)c1ccc(S(=O)(=O)C2CC2)cc1. The molecule has 1 fully saturated rings. The van der Waals surface area contributed by atoms with E-state index in [-0.39, 0.29) is 22.5 Å². The molecule has 0 unspecified atom stereocenters. The van der Waals surface area contributed by atoms with Gasteiger partial charge < -0.3 is 14.3 Å². The fraction of sp³-hybridized carbons (Fsp3) is 0.421. The normalized spacial score (nSPS) is 14.5. The lowest BCUT2D eigenvalue weighted by Gasteiger charge is -2.08. The monoisotopic (exact) mass is 453 g/mol. The molecule has 0 radical (unpaired) electrons. The van der Waals surface area contributed by atoms with Crippen molar-refractivity contribution in [2.45, 2.75) is 29.6 Å². The van der Waals surface area contributed by atoms with Gasteiger partial charge in [-0.25, -0.2) is 13.4 Å². The molecule has 30 heavy (non-hydrogen) atoms. The Balaban J connectivity index is 1.79. The van der Waals surface area contributed by atoms with Crippen LogP contribution in [0, 0.1) is 0 Å². The van der Waals surface area contributed by atoms with Crippen molar-refractivity contribution in [3.63, 3.8) is 0 Å². The number of carbonyl (C=O) groups is 1. The van der Waals surface area contributed by atoms with Gasteiger partial charge in [-0.05, 0) is 25.0 Å². The predicted molar refractivity (Wildman–Crippen MR) is 112 cm³/mol. The van der Waals surface area contributed by atoms with E-state index >= 15 is 0 Å². The van der Waals surface area contributed by atoms with Gasteiger partial charge in [-0.3, -0.25) is 10.1 Å². The summed E-state index contributed by atoms with van der Waals surface area (Å²) in [4.78, 5) is 23.2. The zero-order chi connectivity index (χ0) is 21.6. The lowest BCUT2D eigenvalue weighted by atomic mass is 10.1. The van der Waals surface area contributed by atoms with Gasteiger partial charge in [0.15, 0.2) is 20.7 Å². The van der Waals surface area contributed by atoms with Crippen molar-refractivity contribution in [1.29, 1.82) is 0 Å². The van der Waals surface area contributed by atoms with Crippen LogP contribution in [0.2, 0.25) is 0 Å². The number of nitrogens with one attached hydrogen (secondary N) is 1. The molecular formula is C19H23N3O6S2. The van der Waals surface area contributed by atoms with Crippen molar-refractivity contribution in [2.24, 2.45) is 5.16 Å². The van der Waals surface area contributed by atoms with Crippen molar-refractivity contribution in [2.75, 3.05) is 32.8 Å². The number of benzene rings is 1. The molecule has 1 N–H and O–H groups in total. The third-order valence-electron chi connectivity index (χ3n) is 4.23. The van der Waals surface area contributed by atoms with E-state index in [1.165, 1.54) is 30.6 Å². The molecule has 0 aliphatic heterocycles. The maximum absolute atomic E-state index is 12.8. The minimum atomic E-state index is -3.31. The smallest absolute Gasteiger partial charge is 0.280 e. The molecule has 1 aromatic carbocycles. The Hall–Kier alpha value is -2.34. The zero-order valence-corrected chi connectivity index (χ0v) is 18.3. The fourth-order valence-corrected chi connectivity index (χ4v) is 5.00. The Morgan fingerprint density at radius 2 is 1.93 bits per heavy atom. The summed E-state index contributed by atoms with van der Waals surface area (Å²) in [5, 5.41) is 6.71. The summed E-state index contributed by atoms with van der Waals surface area (Å²) >= 11 is 1.28. The van der Waals surface area contributed by atoms with Crippen LogP contribution in [0.25, 0.3) is 0 Å². The van der Waals surface area contributed by atoms with Crippen molar-refractivity contribution in [3.8, 4) is 0 Å². The molecule has 1 aromatic heterocycles. The summed E-state index contributed by atoms with van der Waals surface area (Å²) in [5.41, 5.74) is 0.429. The average Bonchev–Trinajstić information content (AvgIpc) is 3.51. The molecule has 9 nitrogen and oxygen atoms in total. The topological polar surface area (TPSA) is 116 Å². The standard InChI is InChI=1S/C19H23N3O6S2/c1-26-9-10-28-22-17(18(23)21-19-20-11-14(29-19)12-27-2)13-3-5-15(6-4-13)30(24,25)16-7-8-16/h3-6,11,16H,7-10,12H2,1-2H3,(H,20,21,23)/b22-17+. The van der Waals surface area contributed by atoms with Gasteiger partial charge in [0, 0.05) is 26.0 Å². The van der Waals surface area contributed by atoms with E-state index in [4.69, 9.17) is 14.3 Å². The number of carbonyl (C=O) groups excluding carboxylic acids is 1. The molecule has 3 rings (SSSR count). The average molecular weight is 454 g/mol. The number of nitrogens with zero attached hydrogens (tertiary/aromatic N) is 2. The molecule has 1 aliphatic carbocycles. The number of oxime groups is 1. The van der Waals surface area contributed by atoms with Crippen LogP contribution in [-0.2, 0) is 35.5 Å². The van der Waals surface area contributed by atoms with Crippen LogP contribution in [0.1, 0.15) is 23.3 Å². The molecule has 1 aliphatic rings. The summed E-state index contributed by atoms with van der Waals surface area (Å²) < 4.78 is 34.7. The van der Waals surface area contributed by atoms with E-state index in [1.54, 1.807) is 25.4 Å². The van der Waals surface area contributed by atoms with Crippen LogP contribution >= 0.6 is 11.3 Å². The number of rotatable bonds is 11. The molecular weight excluding hydrogens is 430 g/mol. The molecule has 2 aromatic rings. The Morgan fingerprint density at radius 3 is 2.57 bits per heavy atom.